The molecule has 0 unspecified atom stereocenters. The second-order valence-corrected chi connectivity index (χ2v) is 3.24. The van der Waals surface area contributed by atoms with Crippen LogP contribution in [0.3, 0.4) is 0 Å². The fourth-order valence-corrected chi connectivity index (χ4v) is 1.31. The highest BCUT2D eigenvalue weighted by Crippen LogP contribution is 2.16. The summed E-state index contributed by atoms with van der Waals surface area (Å²) >= 11 is 5.74. The van der Waals surface area contributed by atoms with E-state index in [1.54, 1.807) is 24.3 Å². The Balaban J connectivity index is 2.56. The first-order valence-electron chi connectivity index (χ1n) is 4.06. The van der Waals surface area contributed by atoms with Crippen molar-refractivity contribution < 1.29 is 0 Å². The van der Waals surface area contributed by atoms with Crippen LogP contribution >= 0.6 is 11.6 Å². The predicted octanol–water partition coefficient (Wildman–Crippen LogP) is 2.09. The van der Waals surface area contributed by atoms with E-state index in [1.165, 1.54) is 12.5 Å². The van der Waals surface area contributed by atoms with Crippen LogP contribution in [0.1, 0.15) is 0 Å². The molecule has 1 aromatic carbocycles. The van der Waals surface area contributed by atoms with Crippen LogP contribution in [-0.4, -0.2) is 9.97 Å². The molecule has 0 atom stereocenters. The van der Waals surface area contributed by atoms with E-state index in [2.05, 4.69) is 9.97 Å². The molecule has 0 saturated heterocycles. The number of nitrogens with zero attached hydrogens (tertiary/aromatic N) is 1. The molecule has 1 aromatic heterocycles. The van der Waals surface area contributed by atoms with Crippen LogP contribution in [0, 0.1) is 0 Å². The van der Waals surface area contributed by atoms with Gasteiger partial charge in [0.1, 0.15) is 0 Å². The van der Waals surface area contributed by atoms with Crippen molar-refractivity contribution in [3.63, 3.8) is 0 Å². The van der Waals surface area contributed by atoms with E-state index in [9.17, 15) is 4.79 Å². The Kier molecular flexibility index (Phi) is 2.33. The minimum atomic E-state index is -0.151. The van der Waals surface area contributed by atoms with Crippen LogP contribution in [0.5, 0.6) is 0 Å². The summed E-state index contributed by atoms with van der Waals surface area (Å²) in [5.74, 6) is 0. The van der Waals surface area contributed by atoms with Gasteiger partial charge < -0.3 is 4.98 Å². The van der Waals surface area contributed by atoms with Crippen LogP contribution in [0.4, 0.5) is 0 Å². The first-order valence-corrected chi connectivity index (χ1v) is 4.44. The SMILES string of the molecule is O=c1[nH]cncc1-c1ccc(Cl)cc1. The summed E-state index contributed by atoms with van der Waals surface area (Å²) in [5, 5.41) is 0.647. The lowest BCUT2D eigenvalue weighted by Crippen LogP contribution is -2.08. The minimum Gasteiger partial charge on any atom is -0.313 e. The maximum absolute atomic E-state index is 11.4. The first kappa shape index (κ1) is 8.97. The largest absolute Gasteiger partial charge is 0.313 e. The molecule has 4 heteroatoms. The molecule has 2 aromatic rings. The van der Waals surface area contributed by atoms with Gasteiger partial charge in [0.25, 0.3) is 5.56 Å². The number of H-pyrrole nitrogens is 1. The van der Waals surface area contributed by atoms with E-state index in [0.29, 0.717) is 10.6 Å². The standard InChI is InChI=1S/C10H7ClN2O/c11-8-3-1-7(2-4-8)9-5-12-6-13-10(9)14/h1-6H,(H,12,13,14). The van der Waals surface area contributed by atoms with Crippen molar-refractivity contribution >= 4 is 11.6 Å². The Morgan fingerprint density at radius 3 is 2.57 bits per heavy atom. The van der Waals surface area contributed by atoms with Gasteiger partial charge in [-0.2, -0.15) is 0 Å². The van der Waals surface area contributed by atoms with Crippen LogP contribution in [0.2, 0.25) is 5.02 Å². The average molecular weight is 207 g/mol. The van der Waals surface area contributed by atoms with Gasteiger partial charge in [0.05, 0.1) is 11.9 Å². The number of aromatic amines is 1. The van der Waals surface area contributed by atoms with E-state index < -0.39 is 0 Å². The average Bonchev–Trinajstić information content (AvgIpc) is 2.20. The van der Waals surface area contributed by atoms with Gasteiger partial charge >= 0.3 is 0 Å². The van der Waals surface area contributed by atoms with Crippen LogP contribution in [0.15, 0.2) is 41.6 Å². The molecule has 0 aliphatic heterocycles. The number of hydrogen-bond acceptors (Lipinski definition) is 2. The molecule has 0 bridgehead atoms. The summed E-state index contributed by atoms with van der Waals surface area (Å²) in [6, 6.07) is 7.05. The van der Waals surface area contributed by atoms with Gasteiger partial charge in [0.2, 0.25) is 0 Å². The van der Waals surface area contributed by atoms with Crippen molar-refractivity contribution in [3.05, 3.63) is 52.2 Å². The number of hydrogen-bond donors (Lipinski definition) is 1. The van der Waals surface area contributed by atoms with Crippen molar-refractivity contribution in [1.82, 2.24) is 9.97 Å². The lowest BCUT2D eigenvalue weighted by molar-refractivity contribution is 1.12. The molecule has 1 heterocycles. The second kappa shape index (κ2) is 3.64. The molecule has 0 aliphatic rings. The number of halogens is 1. The third-order valence-corrected chi connectivity index (χ3v) is 2.13. The van der Waals surface area contributed by atoms with Gasteiger partial charge in [-0.15, -0.1) is 0 Å². The fraction of sp³-hybridized carbons (Fsp3) is 0. The van der Waals surface area contributed by atoms with Crippen molar-refractivity contribution in [2.45, 2.75) is 0 Å². The normalized spacial score (nSPS) is 10.1. The molecular formula is C10H7ClN2O. The Morgan fingerprint density at radius 1 is 1.21 bits per heavy atom. The Hall–Kier alpha value is -1.61. The van der Waals surface area contributed by atoms with E-state index >= 15 is 0 Å². The molecule has 70 valence electrons. The number of benzene rings is 1. The molecule has 0 aliphatic carbocycles. The lowest BCUT2D eigenvalue weighted by atomic mass is 10.1. The molecule has 14 heavy (non-hydrogen) atoms. The van der Waals surface area contributed by atoms with Gasteiger partial charge in [0.15, 0.2) is 0 Å². The highest BCUT2D eigenvalue weighted by atomic mass is 35.5. The Bertz CT molecular complexity index is 490. The lowest BCUT2D eigenvalue weighted by Gasteiger charge is -1.98. The van der Waals surface area contributed by atoms with E-state index in [4.69, 9.17) is 11.6 Å². The van der Waals surface area contributed by atoms with E-state index in [-0.39, 0.29) is 5.56 Å². The first-order chi connectivity index (χ1) is 6.77. The van der Waals surface area contributed by atoms with Crippen molar-refractivity contribution in [2.24, 2.45) is 0 Å². The summed E-state index contributed by atoms with van der Waals surface area (Å²) < 4.78 is 0. The van der Waals surface area contributed by atoms with E-state index in [1.807, 2.05) is 0 Å². The molecule has 0 spiro atoms. The summed E-state index contributed by atoms with van der Waals surface area (Å²) in [4.78, 5) is 17.7. The number of nitrogens with one attached hydrogen (secondary N) is 1. The monoisotopic (exact) mass is 206 g/mol. The summed E-state index contributed by atoms with van der Waals surface area (Å²) in [6.45, 7) is 0. The molecular weight excluding hydrogens is 200 g/mol. The predicted molar refractivity (Wildman–Crippen MR) is 55.3 cm³/mol. The fourth-order valence-electron chi connectivity index (χ4n) is 1.18. The zero-order chi connectivity index (χ0) is 9.97. The highest BCUT2D eigenvalue weighted by molar-refractivity contribution is 6.30. The smallest absolute Gasteiger partial charge is 0.258 e. The van der Waals surface area contributed by atoms with Gasteiger partial charge in [-0.05, 0) is 17.7 Å². The Labute approximate surface area is 85.4 Å². The Morgan fingerprint density at radius 2 is 1.93 bits per heavy atom. The number of aromatic nitrogens is 2. The molecule has 3 nitrogen and oxygen atoms in total. The van der Waals surface area contributed by atoms with Crippen molar-refractivity contribution in [3.8, 4) is 11.1 Å². The van der Waals surface area contributed by atoms with E-state index in [0.717, 1.165) is 5.56 Å². The molecule has 2 rings (SSSR count). The zero-order valence-electron chi connectivity index (χ0n) is 7.20. The topological polar surface area (TPSA) is 45.8 Å². The molecule has 0 fully saturated rings. The molecule has 0 amide bonds. The maximum atomic E-state index is 11.4. The van der Waals surface area contributed by atoms with Gasteiger partial charge in [-0.3, -0.25) is 4.79 Å². The number of rotatable bonds is 1. The van der Waals surface area contributed by atoms with Crippen molar-refractivity contribution in [1.29, 1.82) is 0 Å². The summed E-state index contributed by atoms with van der Waals surface area (Å²) in [6.07, 6.45) is 2.89. The van der Waals surface area contributed by atoms with Gasteiger partial charge in [-0.25, -0.2) is 4.98 Å². The molecule has 0 saturated carbocycles. The van der Waals surface area contributed by atoms with Crippen molar-refractivity contribution in [2.75, 3.05) is 0 Å². The third-order valence-electron chi connectivity index (χ3n) is 1.87. The van der Waals surface area contributed by atoms with Crippen LogP contribution in [0.25, 0.3) is 11.1 Å². The zero-order valence-corrected chi connectivity index (χ0v) is 7.95. The van der Waals surface area contributed by atoms with Gasteiger partial charge in [0, 0.05) is 11.2 Å². The van der Waals surface area contributed by atoms with Crippen LogP contribution < -0.4 is 5.56 Å². The third kappa shape index (κ3) is 1.67. The second-order valence-electron chi connectivity index (χ2n) is 2.80. The summed E-state index contributed by atoms with van der Waals surface area (Å²) in [7, 11) is 0. The molecule has 1 N–H and O–H groups in total. The van der Waals surface area contributed by atoms with Crippen LogP contribution in [-0.2, 0) is 0 Å². The maximum Gasteiger partial charge on any atom is 0.258 e. The quantitative estimate of drug-likeness (QED) is 0.777. The summed E-state index contributed by atoms with van der Waals surface area (Å²) in [5.41, 5.74) is 1.20. The highest BCUT2D eigenvalue weighted by Gasteiger charge is 2.01. The van der Waals surface area contributed by atoms with Gasteiger partial charge in [-0.1, -0.05) is 23.7 Å². The minimum absolute atomic E-state index is 0.151. The molecule has 0 radical (unpaired) electrons.